The first kappa shape index (κ1) is 14.7. The maximum Gasteiger partial charge on any atom is 0.304 e. The molecule has 1 aliphatic rings. The van der Waals surface area contributed by atoms with Gasteiger partial charge in [-0.1, -0.05) is 42.1 Å². The van der Waals surface area contributed by atoms with Gasteiger partial charge < -0.3 is 4.57 Å². The maximum absolute atomic E-state index is 11.3. The Labute approximate surface area is 129 Å². The Morgan fingerprint density at radius 2 is 2.19 bits per heavy atom. The van der Waals surface area contributed by atoms with Crippen molar-refractivity contribution in [3.8, 4) is 0 Å². The van der Waals surface area contributed by atoms with E-state index >= 15 is 0 Å². The third-order valence-electron chi connectivity index (χ3n) is 3.13. The molecule has 0 fully saturated rings. The molecule has 1 aromatic carbocycles. The number of rotatable bonds is 5. The van der Waals surface area contributed by atoms with Crippen LogP contribution in [0.1, 0.15) is 11.4 Å². The lowest BCUT2D eigenvalue weighted by molar-refractivity contribution is 0.187. The van der Waals surface area contributed by atoms with Gasteiger partial charge in [-0.15, -0.1) is 10.2 Å². The zero-order valence-electron chi connectivity index (χ0n) is 11.5. The Kier molecular flexibility index (Phi) is 4.69. The lowest BCUT2D eigenvalue weighted by Gasteiger charge is -2.22. The molecular weight excluding hydrogens is 310 g/mol. The minimum atomic E-state index is -1.70. The highest BCUT2D eigenvalue weighted by molar-refractivity contribution is 7.99. The SMILES string of the molecule is COS(=O)OC1CSc2nnc(Cc3ccccc3)n2C1. The summed E-state index contributed by atoms with van der Waals surface area (Å²) in [6.07, 6.45) is 0.544. The Balaban J connectivity index is 1.75. The minimum Gasteiger partial charge on any atom is -0.303 e. The van der Waals surface area contributed by atoms with Crippen molar-refractivity contribution >= 4 is 23.1 Å². The van der Waals surface area contributed by atoms with E-state index in [-0.39, 0.29) is 6.10 Å². The standard InChI is InChI=1S/C13H15N3O3S2/c1-18-21(17)19-11-8-16-12(14-15-13(16)20-9-11)7-10-5-3-2-4-6-10/h2-6,11H,7-9H2,1H3. The molecule has 0 N–H and O–H groups in total. The second kappa shape index (κ2) is 6.69. The van der Waals surface area contributed by atoms with E-state index in [1.54, 1.807) is 11.8 Å². The van der Waals surface area contributed by atoms with Crippen molar-refractivity contribution in [2.75, 3.05) is 12.9 Å². The number of benzene rings is 1. The first-order valence-corrected chi connectivity index (χ1v) is 8.47. The normalized spacial score (nSPS) is 19.2. The molecule has 1 aromatic heterocycles. The molecule has 112 valence electrons. The molecule has 2 aromatic rings. The molecule has 21 heavy (non-hydrogen) atoms. The summed E-state index contributed by atoms with van der Waals surface area (Å²) in [7, 11) is 1.36. The van der Waals surface area contributed by atoms with Crippen LogP contribution in [0.15, 0.2) is 35.5 Å². The van der Waals surface area contributed by atoms with Crippen molar-refractivity contribution in [1.82, 2.24) is 14.8 Å². The van der Waals surface area contributed by atoms with E-state index in [0.717, 1.165) is 11.0 Å². The second-order valence-corrected chi connectivity index (χ2v) is 6.49. The average Bonchev–Trinajstić information content (AvgIpc) is 2.91. The first-order valence-electron chi connectivity index (χ1n) is 6.48. The first-order chi connectivity index (χ1) is 10.3. The van der Waals surface area contributed by atoms with Gasteiger partial charge in [0.05, 0.1) is 13.7 Å². The van der Waals surface area contributed by atoms with E-state index in [0.29, 0.717) is 18.7 Å². The van der Waals surface area contributed by atoms with Crippen LogP contribution in [0.25, 0.3) is 0 Å². The largest absolute Gasteiger partial charge is 0.304 e. The molecule has 3 rings (SSSR count). The number of fused-ring (bicyclic) bond motifs is 1. The Bertz CT molecular complexity index is 633. The van der Waals surface area contributed by atoms with E-state index in [1.807, 2.05) is 22.8 Å². The predicted molar refractivity (Wildman–Crippen MR) is 80.0 cm³/mol. The van der Waals surface area contributed by atoms with Gasteiger partial charge in [-0.2, -0.15) is 4.21 Å². The number of hydrogen-bond acceptors (Lipinski definition) is 6. The Morgan fingerprint density at radius 3 is 2.95 bits per heavy atom. The van der Waals surface area contributed by atoms with Gasteiger partial charge in [0.25, 0.3) is 0 Å². The summed E-state index contributed by atoms with van der Waals surface area (Å²) < 4.78 is 23.3. The number of hydrogen-bond donors (Lipinski definition) is 0. The molecule has 0 bridgehead atoms. The Hall–Kier alpha value is -1.22. The summed E-state index contributed by atoms with van der Waals surface area (Å²) >= 11 is -0.146. The molecule has 0 amide bonds. The van der Waals surface area contributed by atoms with Gasteiger partial charge in [-0.3, -0.25) is 8.37 Å². The highest BCUT2D eigenvalue weighted by Gasteiger charge is 2.25. The highest BCUT2D eigenvalue weighted by Crippen LogP contribution is 2.26. The molecule has 0 saturated carbocycles. The topological polar surface area (TPSA) is 66.2 Å². The molecule has 2 heterocycles. The lowest BCUT2D eigenvalue weighted by Crippen LogP contribution is -2.29. The lowest BCUT2D eigenvalue weighted by atomic mass is 10.1. The van der Waals surface area contributed by atoms with Crippen LogP contribution in [0.3, 0.4) is 0 Å². The highest BCUT2D eigenvalue weighted by atomic mass is 32.2. The number of nitrogens with zero attached hydrogens (tertiary/aromatic N) is 3. The average molecular weight is 325 g/mol. The quantitative estimate of drug-likeness (QED) is 0.831. The van der Waals surface area contributed by atoms with Crippen LogP contribution in [0.5, 0.6) is 0 Å². The fourth-order valence-electron chi connectivity index (χ4n) is 2.15. The van der Waals surface area contributed by atoms with Gasteiger partial charge in [-0.05, 0) is 5.56 Å². The summed E-state index contributed by atoms with van der Waals surface area (Å²) in [4.78, 5) is 0. The van der Waals surface area contributed by atoms with Gasteiger partial charge in [0, 0.05) is 12.2 Å². The van der Waals surface area contributed by atoms with Gasteiger partial charge >= 0.3 is 11.4 Å². The monoisotopic (exact) mass is 325 g/mol. The van der Waals surface area contributed by atoms with E-state index in [4.69, 9.17) is 4.18 Å². The summed E-state index contributed by atoms with van der Waals surface area (Å²) in [5.74, 6) is 1.58. The number of aromatic nitrogens is 3. The van der Waals surface area contributed by atoms with Crippen molar-refractivity contribution in [3.63, 3.8) is 0 Å². The smallest absolute Gasteiger partial charge is 0.303 e. The molecule has 2 unspecified atom stereocenters. The van der Waals surface area contributed by atoms with Crippen molar-refractivity contribution in [3.05, 3.63) is 41.7 Å². The fourth-order valence-corrected chi connectivity index (χ4v) is 3.61. The van der Waals surface area contributed by atoms with Crippen molar-refractivity contribution < 1.29 is 12.6 Å². The molecule has 1 aliphatic heterocycles. The van der Waals surface area contributed by atoms with Gasteiger partial charge in [-0.25, -0.2) is 0 Å². The van der Waals surface area contributed by atoms with Crippen LogP contribution in [-0.4, -0.2) is 37.9 Å². The molecule has 0 radical (unpaired) electrons. The van der Waals surface area contributed by atoms with E-state index in [9.17, 15) is 4.21 Å². The van der Waals surface area contributed by atoms with Crippen molar-refractivity contribution in [2.45, 2.75) is 24.2 Å². The van der Waals surface area contributed by atoms with E-state index in [2.05, 4.69) is 26.5 Å². The minimum absolute atomic E-state index is 0.172. The second-order valence-electron chi connectivity index (χ2n) is 4.57. The fraction of sp³-hybridized carbons (Fsp3) is 0.385. The molecule has 0 saturated heterocycles. The molecular formula is C13H15N3O3S2. The van der Waals surface area contributed by atoms with Crippen LogP contribution in [-0.2, 0) is 32.7 Å². The predicted octanol–water partition coefficient (Wildman–Crippen LogP) is 1.58. The van der Waals surface area contributed by atoms with E-state index in [1.165, 1.54) is 12.7 Å². The van der Waals surface area contributed by atoms with E-state index < -0.39 is 11.4 Å². The van der Waals surface area contributed by atoms with Gasteiger partial charge in [0.2, 0.25) is 0 Å². The number of thioether (sulfide) groups is 1. The van der Waals surface area contributed by atoms with Crippen LogP contribution in [0.2, 0.25) is 0 Å². The molecule has 6 nitrogen and oxygen atoms in total. The molecule has 2 atom stereocenters. The van der Waals surface area contributed by atoms with Crippen LogP contribution >= 0.6 is 11.8 Å². The zero-order valence-corrected chi connectivity index (χ0v) is 13.1. The molecule has 0 spiro atoms. The van der Waals surface area contributed by atoms with Crippen molar-refractivity contribution in [2.24, 2.45) is 0 Å². The third-order valence-corrected chi connectivity index (χ3v) is 4.93. The molecule has 0 aliphatic carbocycles. The Morgan fingerprint density at radius 1 is 1.38 bits per heavy atom. The summed E-state index contributed by atoms with van der Waals surface area (Å²) in [6.45, 7) is 0.590. The zero-order chi connectivity index (χ0) is 14.7. The van der Waals surface area contributed by atoms with Crippen LogP contribution < -0.4 is 0 Å². The summed E-state index contributed by atoms with van der Waals surface area (Å²) in [5, 5.41) is 9.33. The van der Waals surface area contributed by atoms with Crippen LogP contribution in [0.4, 0.5) is 0 Å². The third kappa shape index (κ3) is 3.52. The van der Waals surface area contributed by atoms with Crippen molar-refractivity contribution in [1.29, 1.82) is 0 Å². The summed E-state index contributed by atoms with van der Waals surface area (Å²) in [6, 6.07) is 10.1. The molecule has 8 heteroatoms. The maximum atomic E-state index is 11.3. The summed E-state index contributed by atoms with van der Waals surface area (Å²) in [5.41, 5.74) is 1.18. The van der Waals surface area contributed by atoms with Gasteiger partial charge in [0.1, 0.15) is 11.9 Å². The van der Waals surface area contributed by atoms with Crippen LogP contribution in [0, 0.1) is 0 Å². The van der Waals surface area contributed by atoms with Gasteiger partial charge in [0.15, 0.2) is 5.16 Å².